The Bertz CT molecular complexity index is 384. The summed E-state index contributed by atoms with van der Waals surface area (Å²) in [5, 5.41) is 2.77. The second-order valence-corrected chi connectivity index (χ2v) is 3.72. The average molecular weight is 235 g/mol. The molecule has 0 radical (unpaired) electrons. The summed E-state index contributed by atoms with van der Waals surface area (Å²) in [5.41, 5.74) is 1.16. The smallest absolute Gasteiger partial charge is 0.337 e. The van der Waals surface area contributed by atoms with Crippen molar-refractivity contribution in [3.05, 3.63) is 29.8 Å². The van der Waals surface area contributed by atoms with Crippen molar-refractivity contribution in [1.82, 2.24) is 0 Å². The number of hydrogen-bond acceptors (Lipinski definition) is 3. The molecule has 0 aliphatic carbocycles. The summed E-state index contributed by atoms with van der Waals surface area (Å²) in [6, 6.07) is 6.63. The van der Waals surface area contributed by atoms with Crippen LogP contribution in [-0.4, -0.2) is 19.0 Å². The Kier molecular flexibility index (Phi) is 5.20. The van der Waals surface area contributed by atoms with Crippen LogP contribution in [0.5, 0.6) is 0 Å². The van der Waals surface area contributed by atoms with Crippen LogP contribution in [0.15, 0.2) is 24.3 Å². The number of carbonyl (C=O) groups is 2. The molecule has 0 aliphatic heterocycles. The van der Waals surface area contributed by atoms with Gasteiger partial charge in [0, 0.05) is 12.1 Å². The largest absolute Gasteiger partial charge is 0.465 e. The fourth-order valence-electron chi connectivity index (χ4n) is 1.37. The van der Waals surface area contributed by atoms with Crippen LogP contribution in [-0.2, 0) is 9.53 Å². The lowest BCUT2D eigenvalue weighted by atomic mass is 10.2. The lowest BCUT2D eigenvalue weighted by Gasteiger charge is -2.05. The fourth-order valence-corrected chi connectivity index (χ4v) is 1.37. The van der Waals surface area contributed by atoms with Crippen LogP contribution in [0.1, 0.15) is 36.5 Å². The molecule has 4 nitrogen and oxygen atoms in total. The van der Waals surface area contributed by atoms with Gasteiger partial charge in [-0.25, -0.2) is 4.79 Å². The molecule has 1 aromatic carbocycles. The minimum absolute atomic E-state index is 0.00216. The van der Waals surface area contributed by atoms with Gasteiger partial charge in [-0.3, -0.25) is 4.79 Å². The molecule has 0 aliphatic rings. The highest BCUT2D eigenvalue weighted by Crippen LogP contribution is 2.11. The highest BCUT2D eigenvalue weighted by atomic mass is 16.5. The molecule has 0 aromatic heterocycles. The highest BCUT2D eigenvalue weighted by molar-refractivity contribution is 5.92. The first-order valence-electron chi connectivity index (χ1n) is 5.65. The molecule has 1 amide bonds. The van der Waals surface area contributed by atoms with Crippen LogP contribution < -0.4 is 5.32 Å². The van der Waals surface area contributed by atoms with Crippen molar-refractivity contribution in [2.24, 2.45) is 0 Å². The van der Waals surface area contributed by atoms with Gasteiger partial charge in [-0.15, -0.1) is 0 Å². The van der Waals surface area contributed by atoms with Crippen molar-refractivity contribution in [3.63, 3.8) is 0 Å². The van der Waals surface area contributed by atoms with Crippen LogP contribution in [0.2, 0.25) is 0 Å². The van der Waals surface area contributed by atoms with Gasteiger partial charge in [0.1, 0.15) is 0 Å². The number of ether oxygens (including phenoxy) is 1. The zero-order chi connectivity index (χ0) is 12.7. The number of rotatable bonds is 5. The molecular formula is C13H17NO3. The van der Waals surface area contributed by atoms with Gasteiger partial charge in [0.05, 0.1) is 12.7 Å². The minimum Gasteiger partial charge on any atom is -0.465 e. The Morgan fingerprint density at radius 1 is 1.24 bits per heavy atom. The molecular weight excluding hydrogens is 218 g/mol. The Labute approximate surface area is 101 Å². The predicted molar refractivity (Wildman–Crippen MR) is 65.9 cm³/mol. The molecule has 92 valence electrons. The molecule has 0 atom stereocenters. The third-order valence-electron chi connectivity index (χ3n) is 2.35. The van der Waals surface area contributed by atoms with Crippen LogP contribution in [0, 0.1) is 0 Å². The van der Waals surface area contributed by atoms with Gasteiger partial charge in [-0.1, -0.05) is 13.3 Å². The summed E-state index contributed by atoms with van der Waals surface area (Å²) >= 11 is 0. The number of amides is 1. The second-order valence-electron chi connectivity index (χ2n) is 3.72. The van der Waals surface area contributed by atoms with E-state index >= 15 is 0 Å². The standard InChI is InChI=1S/C13H17NO3/c1-3-4-5-12(15)14-11-8-6-10(7-9-11)13(16)17-2/h6-9H,3-5H2,1-2H3,(H,14,15). The van der Waals surface area contributed by atoms with E-state index in [1.54, 1.807) is 24.3 Å². The maximum atomic E-state index is 11.4. The maximum Gasteiger partial charge on any atom is 0.337 e. The van der Waals surface area contributed by atoms with Crippen LogP contribution in [0.3, 0.4) is 0 Å². The number of nitrogens with one attached hydrogen (secondary N) is 1. The van der Waals surface area contributed by atoms with Crippen molar-refractivity contribution in [1.29, 1.82) is 0 Å². The van der Waals surface area contributed by atoms with E-state index in [9.17, 15) is 9.59 Å². The number of methoxy groups -OCH3 is 1. The van der Waals surface area contributed by atoms with E-state index in [-0.39, 0.29) is 11.9 Å². The Hall–Kier alpha value is -1.84. The van der Waals surface area contributed by atoms with Crippen molar-refractivity contribution < 1.29 is 14.3 Å². The van der Waals surface area contributed by atoms with E-state index in [1.807, 2.05) is 6.92 Å². The van der Waals surface area contributed by atoms with Gasteiger partial charge in [-0.2, -0.15) is 0 Å². The third-order valence-corrected chi connectivity index (χ3v) is 2.35. The Morgan fingerprint density at radius 3 is 2.41 bits per heavy atom. The minimum atomic E-state index is -0.381. The summed E-state index contributed by atoms with van der Waals surface area (Å²) in [4.78, 5) is 22.6. The van der Waals surface area contributed by atoms with Crippen molar-refractivity contribution in [2.75, 3.05) is 12.4 Å². The molecule has 0 bridgehead atoms. The monoisotopic (exact) mass is 235 g/mol. The van der Waals surface area contributed by atoms with Crippen LogP contribution >= 0.6 is 0 Å². The number of hydrogen-bond donors (Lipinski definition) is 1. The molecule has 0 saturated carbocycles. The molecule has 17 heavy (non-hydrogen) atoms. The SMILES string of the molecule is CCCCC(=O)Nc1ccc(C(=O)OC)cc1. The number of esters is 1. The Balaban J connectivity index is 2.56. The number of anilines is 1. The first-order chi connectivity index (χ1) is 8.17. The molecule has 4 heteroatoms. The van der Waals surface area contributed by atoms with Gasteiger partial charge in [-0.05, 0) is 30.7 Å². The first-order valence-corrected chi connectivity index (χ1v) is 5.65. The van der Waals surface area contributed by atoms with E-state index in [1.165, 1.54) is 7.11 Å². The quantitative estimate of drug-likeness (QED) is 0.798. The van der Waals surface area contributed by atoms with Gasteiger partial charge in [0.2, 0.25) is 5.91 Å². The van der Waals surface area contributed by atoms with Crippen LogP contribution in [0.25, 0.3) is 0 Å². The van der Waals surface area contributed by atoms with Gasteiger partial charge < -0.3 is 10.1 Å². The van der Waals surface area contributed by atoms with Crippen molar-refractivity contribution in [2.45, 2.75) is 26.2 Å². The first kappa shape index (κ1) is 13.2. The summed E-state index contributed by atoms with van der Waals surface area (Å²) in [6.45, 7) is 2.04. The molecule has 0 spiro atoms. The summed E-state index contributed by atoms with van der Waals surface area (Å²) in [5.74, 6) is -0.383. The maximum absolute atomic E-state index is 11.4. The molecule has 0 saturated heterocycles. The molecule has 0 unspecified atom stereocenters. The zero-order valence-electron chi connectivity index (χ0n) is 10.2. The van der Waals surface area contributed by atoms with E-state index in [4.69, 9.17) is 0 Å². The summed E-state index contributed by atoms with van der Waals surface area (Å²) in [6.07, 6.45) is 2.40. The zero-order valence-corrected chi connectivity index (χ0v) is 10.2. The fraction of sp³-hybridized carbons (Fsp3) is 0.385. The van der Waals surface area contributed by atoms with Crippen LogP contribution in [0.4, 0.5) is 5.69 Å². The lowest BCUT2D eigenvalue weighted by molar-refractivity contribution is -0.116. The van der Waals surface area contributed by atoms with Gasteiger partial charge in [0.15, 0.2) is 0 Å². The molecule has 1 N–H and O–H groups in total. The third kappa shape index (κ3) is 4.26. The molecule has 1 aromatic rings. The van der Waals surface area contributed by atoms with E-state index in [0.29, 0.717) is 17.7 Å². The number of unbranched alkanes of at least 4 members (excludes halogenated alkanes) is 1. The molecule has 0 heterocycles. The topological polar surface area (TPSA) is 55.4 Å². The normalized spacial score (nSPS) is 9.76. The van der Waals surface area contributed by atoms with E-state index in [0.717, 1.165) is 12.8 Å². The lowest BCUT2D eigenvalue weighted by Crippen LogP contribution is -2.11. The summed E-state index contributed by atoms with van der Waals surface area (Å²) < 4.78 is 4.58. The second kappa shape index (κ2) is 6.68. The van der Waals surface area contributed by atoms with Crippen molar-refractivity contribution in [3.8, 4) is 0 Å². The average Bonchev–Trinajstić information content (AvgIpc) is 2.36. The predicted octanol–water partition coefficient (Wildman–Crippen LogP) is 2.60. The molecule has 1 rings (SSSR count). The number of benzene rings is 1. The highest BCUT2D eigenvalue weighted by Gasteiger charge is 2.05. The van der Waals surface area contributed by atoms with Gasteiger partial charge >= 0.3 is 5.97 Å². The van der Waals surface area contributed by atoms with Crippen molar-refractivity contribution >= 4 is 17.6 Å². The van der Waals surface area contributed by atoms with E-state index in [2.05, 4.69) is 10.1 Å². The summed E-state index contributed by atoms with van der Waals surface area (Å²) in [7, 11) is 1.34. The van der Waals surface area contributed by atoms with Gasteiger partial charge in [0.25, 0.3) is 0 Å². The molecule has 0 fully saturated rings. The Morgan fingerprint density at radius 2 is 1.88 bits per heavy atom. The number of carbonyl (C=O) groups excluding carboxylic acids is 2. The van der Waals surface area contributed by atoms with E-state index < -0.39 is 0 Å².